The van der Waals surface area contributed by atoms with E-state index in [1.165, 1.54) is 6.42 Å². The van der Waals surface area contributed by atoms with Gasteiger partial charge in [0.1, 0.15) is 37.4 Å². The highest BCUT2D eigenvalue weighted by Crippen LogP contribution is 2.34. The topological polar surface area (TPSA) is 74.2 Å². The number of hydrogen-bond donors (Lipinski definition) is 1. The Kier molecular flexibility index (Phi) is 10.3. The third kappa shape index (κ3) is 8.14. The predicted octanol–water partition coefficient (Wildman–Crippen LogP) is 7.43. The highest BCUT2D eigenvalue weighted by molar-refractivity contribution is 5.89. The minimum atomic E-state index is -0.946. The fourth-order valence-electron chi connectivity index (χ4n) is 5.39. The molecule has 0 aliphatic carbocycles. The van der Waals surface area contributed by atoms with E-state index in [-0.39, 0.29) is 24.7 Å². The van der Waals surface area contributed by atoms with Crippen LogP contribution < -0.4 is 9.47 Å². The molecule has 2 unspecified atom stereocenters. The second-order valence-electron chi connectivity index (χ2n) is 12.6. The molecule has 226 valence electrons. The predicted molar refractivity (Wildman–Crippen MR) is 167 cm³/mol. The molecule has 1 fully saturated rings. The Labute approximate surface area is 251 Å². The second kappa shape index (κ2) is 13.7. The molecule has 1 aliphatic heterocycles. The number of aryl methyl sites for hydroxylation is 4. The van der Waals surface area contributed by atoms with Gasteiger partial charge >= 0.3 is 5.97 Å². The lowest BCUT2D eigenvalue weighted by atomic mass is 9.87. The molecule has 4 rings (SSSR count). The molecule has 3 aromatic rings. The Morgan fingerprint density at radius 2 is 1.40 bits per heavy atom. The SMILES string of the molecule is Cc1cc(-c2cc(C)c(OCC3CCCCO3)c(C)c2)cc(C)c1OCC(O)COC(=O)c1ccc(C(C)(C)C)cc1. The standard InChI is InChI=1S/C36H46O6/c1-23-16-28(29-18-25(3)34(26(4)19-29)41-22-32-10-8-9-15-39-32)17-24(2)33(23)40-20-31(37)21-42-35(38)27-11-13-30(14-12-27)36(5,6)7/h11-14,16-19,31-32,37H,8-10,15,20-22H2,1-7H3. The lowest BCUT2D eigenvalue weighted by molar-refractivity contribution is -0.0113. The first-order chi connectivity index (χ1) is 19.9. The van der Waals surface area contributed by atoms with Gasteiger partial charge in [-0.2, -0.15) is 0 Å². The molecule has 42 heavy (non-hydrogen) atoms. The van der Waals surface area contributed by atoms with Crippen molar-refractivity contribution < 1.29 is 28.8 Å². The van der Waals surface area contributed by atoms with Gasteiger partial charge in [-0.15, -0.1) is 0 Å². The van der Waals surface area contributed by atoms with Crippen molar-refractivity contribution in [1.82, 2.24) is 0 Å². The summed E-state index contributed by atoms with van der Waals surface area (Å²) in [6.45, 7) is 15.8. The first-order valence-corrected chi connectivity index (χ1v) is 15.0. The van der Waals surface area contributed by atoms with Crippen LogP contribution in [-0.4, -0.2) is 49.7 Å². The number of hydrogen-bond acceptors (Lipinski definition) is 6. The summed E-state index contributed by atoms with van der Waals surface area (Å²) in [5, 5.41) is 10.5. The molecule has 1 saturated heterocycles. The highest BCUT2D eigenvalue weighted by atomic mass is 16.5. The van der Waals surface area contributed by atoms with E-state index in [0.717, 1.165) is 69.9 Å². The molecule has 0 aromatic heterocycles. The maximum absolute atomic E-state index is 12.5. The largest absolute Gasteiger partial charge is 0.490 e. The third-order valence-electron chi connectivity index (χ3n) is 7.76. The lowest BCUT2D eigenvalue weighted by Crippen LogP contribution is -2.26. The number of ether oxygens (including phenoxy) is 4. The van der Waals surface area contributed by atoms with Gasteiger partial charge in [-0.25, -0.2) is 4.79 Å². The summed E-state index contributed by atoms with van der Waals surface area (Å²) in [4.78, 5) is 12.5. The van der Waals surface area contributed by atoms with Crippen LogP contribution in [0.25, 0.3) is 11.1 Å². The van der Waals surface area contributed by atoms with Crippen LogP contribution in [0.15, 0.2) is 48.5 Å². The molecule has 6 heteroatoms. The maximum Gasteiger partial charge on any atom is 0.338 e. The first kappa shape index (κ1) is 31.6. The summed E-state index contributed by atoms with van der Waals surface area (Å²) in [6, 6.07) is 15.9. The molecule has 0 amide bonds. The number of aliphatic hydroxyl groups is 1. The molecule has 1 N–H and O–H groups in total. The zero-order valence-corrected chi connectivity index (χ0v) is 26.2. The van der Waals surface area contributed by atoms with E-state index in [1.54, 1.807) is 12.1 Å². The molecule has 0 radical (unpaired) electrons. The Hall–Kier alpha value is -3.35. The van der Waals surface area contributed by atoms with E-state index in [9.17, 15) is 9.90 Å². The average molecular weight is 575 g/mol. The minimum absolute atomic E-state index is 0.00584. The summed E-state index contributed by atoms with van der Waals surface area (Å²) in [5.41, 5.74) is 7.95. The zero-order valence-electron chi connectivity index (χ0n) is 26.2. The number of carbonyl (C=O) groups excluding carboxylic acids is 1. The van der Waals surface area contributed by atoms with Crippen molar-refractivity contribution in [3.05, 3.63) is 81.9 Å². The summed E-state index contributed by atoms with van der Waals surface area (Å²) < 4.78 is 23.4. The van der Waals surface area contributed by atoms with Gasteiger partial charge in [0.05, 0.1) is 11.7 Å². The molecule has 1 heterocycles. The summed E-state index contributed by atoms with van der Waals surface area (Å²) >= 11 is 0. The molecular weight excluding hydrogens is 528 g/mol. The van der Waals surface area contributed by atoms with Gasteiger partial charge in [-0.05, 0) is 128 Å². The van der Waals surface area contributed by atoms with E-state index in [2.05, 4.69) is 58.9 Å². The maximum atomic E-state index is 12.5. The minimum Gasteiger partial charge on any atom is -0.490 e. The van der Waals surface area contributed by atoms with E-state index in [4.69, 9.17) is 18.9 Å². The summed E-state index contributed by atoms with van der Waals surface area (Å²) in [7, 11) is 0. The quantitative estimate of drug-likeness (QED) is 0.254. The Bertz CT molecular complexity index is 1320. The average Bonchev–Trinajstić information content (AvgIpc) is 2.95. The van der Waals surface area contributed by atoms with Crippen molar-refractivity contribution in [2.45, 2.75) is 85.4 Å². The molecule has 2 atom stereocenters. The van der Waals surface area contributed by atoms with Crippen molar-refractivity contribution in [1.29, 1.82) is 0 Å². The van der Waals surface area contributed by atoms with Gasteiger partial charge in [-0.3, -0.25) is 0 Å². The molecule has 0 saturated carbocycles. The fourth-order valence-corrected chi connectivity index (χ4v) is 5.39. The smallest absolute Gasteiger partial charge is 0.338 e. The molecular formula is C36H46O6. The van der Waals surface area contributed by atoms with Gasteiger partial charge in [-0.1, -0.05) is 32.9 Å². The van der Waals surface area contributed by atoms with Crippen molar-refractivity contribution in [3.63, 3.8) is 0 Å². The van der Waals surface area contributed by atoms with E-state index in [0.29, 0.717) is 12.2 Å². The molecule has 0 bridgehead atoms. The van der Waals surface area contributed by atoms with Crippen LogP contribution in [0.2, 0.25) is 0 Å². The zero-order chi connectivity index (χ0) is 30.4. The van der Waals surface area contributed by atoms with Crippen molar-refractivity contribution >= 4 is 5.97 Å². The van der Waals surface area contributed by atoms with E-state index in [1.807, 2.05) is 26.0 Å². The van der Waals surface area contributed by atoms with Crippen molar-refractivity contribution in [2.75, 3.05) is 26.4 Å². The van der Waals surface area contributed by atoms with Crippen LogP contribution in [0.5, 0.6) is 11.5 Å². The monoisotopic (exact) mass is 574 g/mol. The number of rotatable bonds is 10. The van der Waals surface area contributed by atoms with Crippen LogP contribution in [-0.2, 0) is 14.9 Å². The van der Waals surface area contributed by atoms with Crippen LogP contribution >= 0.6 is 0 Å². The molecule has 6 nitrogen and oxygen atoms in total. The van der Waals surface area contributed by atoms with E-state index >= 15 is 0 Å². The number of aliphatic hydroxyl groups excluding tert-OH is 1. The van der Waals surface area contributed by atoms with Crippen LogP contribution in [0.1, 0.15) is 78.2 Å². The van der Waals surface area contributed by atoms with Crippen molar-refractivity contribution in [2.24, 2.45) is 0 Å². The van der Waals surface area contributed by atoms with Gasteiger partial charge in [0, 0.05) is 6.61 Å². The van der Waals surface area contributed by atoms with Crippen LogP contribution in [0.3, 0.4) is 0 Å². The molecule has 3 aromatic carbocycles. The third-order valence-corrected chi connectivity index (χ3v) is 7.76. The Balaban J connectivity index is 1.33. The summed E-state index contributed by atoms with van der Waals surface area (Å²) in [5.74, 6) is 1.19. The van der Waals surface area contributed by atoms with Crippen LogP contribution in [0, 0.1) is 27.7 Å². The number of benzene rings is 3. The number of carbonyl (C=O) groups is 1. The van der Waals surface area contributed by atoms with Crippen LogP contribution in [0.4, 0.5) is 0 Å². The number of esters is 1. The summed E-state index contributed by atoms with van der Waals surface area (Å²) in [6.07, 6.45) is 2.61. The van der Waals surface area contributed by atoms with E-state index < -0.39 is 12.1 Å². The Morgan fingerprint density at radius 3 is 1.90 bits per heavy atom. The van der Waals surface area contributed by atoms with Gasteiger partial charge in [0.15, 0.2) is 0 Å². The highest BCUT2D eigenvalue weighted by Gasteiger charge is 2.19. The first-order valence-electron chi connectivity index (χ1n) is 15.0. The van der Waals surface area contributed by atoms with Crippen molar-refractivity contribution in [3.8, 4) is 22.6 Å². The Morgan fingerprint density at radius 1 is 0.857 bits per heavy atom. The second-order valence-corrected chi connectivity index (χ2v) is 12.6. The molecule has 0 spiro atoms. The lowest BCUT2D eigenvalue weighted by Gasteiger charge is -2.24. The molecule has 1 aliphatic rings. The normalized spacial score (nSPS) is 16.1. The fraction of sp³-hybridized carbons (Fsp3) is 0.472. The van der Waals surface area contributed by atoms with Gasteiger partial charge in [0.25, 0.3) is 0 Å². The van der Waals surface area contributed by atoms with Gasteiger partial charge < -0.3 is 24.1 Å². The van der Waals surface area contributed by atoms with Gasteiger partial charge in [0.2, 0.25) is 0 Å².